The van der Waals surface area contributed by atoms with Gasteiger partial charge in [-0.05, 0) is 42.8 Å². The highest BCUT2D eigenvalue weighted by Crippen LogP contribution is 2.12. The Morgan fingerprint density at radius 1 is 1.03 bits per heavy atom. The molecule has 4 heterocycles. The van der Waals surface area contributed by atoms with Gasteiger partial charge in [0.1, 0.15) is 5.76 Å². The molecule has 0 unspecified atom stereocenters. The third-order valence-electron chi connectivity index (χ3n) is 5.94. The number of nitrogens with zero attached hydrogens (tertiary/aromatic N) is 4. The molecular formula is C23H33N5O2S. The Morgan fingerprint density at radius 2 is 1.87 bits per heavy atom. The number of carbonyl (C=O) groups excluding carboxylic acids is 1. The van der Waals surface area contributed by atoms with Gasteiger partial charge < -0.3 is 19.5 Å². The summed E-state index contributed by atoms with van der Waals surface area (Å²) in [5.74, 6) is 2.21. The molecule has 8 heteroatoms. The number of aliphatic imine (C=N–C) groups is 1. The lowest BCUT2D eigenvalue weighted by atomic mass is 10.1. The van der Waals surface area contributed by atoms with Crippen molar-refractivity contribution < 1.29 is 9.21 Å². The van der Waals surface area contributed by atoms with E-state index in [0.717, 1.165) is 76.8 Å². The van der Waals surface area contributed by atoms with Crippen molar-refractivity contribution in [2.45, 2.75) is 32.2 Å². The van der Waals surface area contributed by atoms with Crippen LogP contribution in [0.25, 0.3) is 0 Å². The highest BCUT2D eigenvalue weighted by molar-refractivity contribution is 7.09. The molecule has 1 amide bonds. The van der Waals surface area contributed by atoms with E-state index in [0.29, 0.717) is 13.1 Å². The maximum atomic E-state index is 12.6. The number of rotatable bonds is 7. The average Bonchev–Trinajstić information content (AvgIpc) is 3.52. The van der Waals surface area contributed by atoms with Crippen LogP contribution in [-0.2, 0) is 17.8 Å². The van der Waals surface area contributed by atoms with Crippen molar-refractivity contribution in [3.8, 4) is 0 Å². The van der Waals surface area contributed by atoms with Crippen molar-refractivity contribution >= 4 is 23.2 Å². The molecule has 2 aliphatic heterocycles. The number of nitrogens with one attached hydrogen (secondary N) is 1. The van der Waals surface area contributed by atoms with Crippen LogP contribution in [0, 0.1) is 0 Å². The van der Waals surface area contributed by atoms with Gasteiger partial charge in [-0.2, -0.15) is 0 Å². The van der Waals surface area contributed by atoms with E-state index in [4.69, 9.17) is 9.41 Å². The molecule has 2 saturated heterocycles. The van der Waals surface area contributed by atoms with Crippen LogP contribution in [0.3, 0.4) is 0 Å². The molecule has 0 aliphatic carbocycles. The van der Waals surface area contributed by atoms with E-state index < -0.39 is 0 Å². The Balaban J connectivity index is 1.29. The first-order valence-electron chi connectivity index (χ1n) is 11.4. The molecular weight excluding hydrogens is 410 g/mol. The number of thiophene rings is 1. The van der Waals surface area contributed by atoms with E-state index in [9.17, 15) is 4.79 Å². The standard InChI is InChI=1S/C23H33N5O2S/c29-22(27-10-2-1-3-11-27)19-26-12-14-28(15-13-26)23(25-18-21-7-5-17-31-21)24-9-8-20-6-4-16-30-20/h4-7,16-17H,1-3,8-15,18-19H2,(H,24,25). The predicted octanol–water partition coefficient (Wildman–Crippen LogP) is 2.66. The summed E-state index contributed by atoms with van der Waals surface area (Å²) in [5, 5.41) is 5.61. The molecule has 168 valence electrons. The van der Waals surface area contributed by atoms with Crippen molar-refractivity contribution in [2.24, 2.45) is 4.99 Å². The monoisotopic (exact) mass is 443 g/mol. The SMILES string of the molecule is O=C(CN1CCN(C(=NCc2cccs2)NCCc2ccco2)CC1)N1CCCCC1. The van der Waals surface area contributed by atoms with Gasteiger partial charge in [-0.25, -0.2) is 4.99 Å². The first-order valence-corrected chi connectivity index (χ1v) is 12.2. The molecule has 0 radical (unpaired) electrons. The van der Waals surface area contributed by atoms with Crippen molar-refractivity contribution in [3.05, 3.63) is 46.5 Å². The van der Waals surface area contributed by atoms with Gasteiger partial charge >= 0.3 is 0 Å². The van der Waals surface area contributed by atoms with E-state index in [1.165, 1.54) is 11.3 Å². The molecule has 0 saturated carbocycles. The molecule has 0 bridgehead atoms. The summed E-state index contributed by atoms with van der Waals surface area (Å²) in [6.07, 6.45) is 6.09. The minimum Gasteiger partial charge on any atom is -0.469 e. The summed E-state index contributed by atoms with van der Waals surface area (Å²) in [6, 6.07) is 8.12. The molecule has 7 nitrogen and oxygen atoms in total. The zero-order chi connectivity index (χ0) is 21.3. The Hall–Kier alpha value is -2.32. The van der Waals surface area contributed by atoms with Crippen LogP contribution < -0.4 is 5.32 Å². The highest BCUT2D eigenvalue weighted by atomic mass is 32.1. The highest BCUT2D eigenvalue weighted by Gasteiger charge is 2.24. The van der Waals surface area contributed by atoms with Gasteiger partial charge in [0.15, 0.2) is 5.96 Å². The number of piperidine rings is 1. The molecule has 1 N–H and O–H groups in total. The van der Waals surface area contributed by atoms with Crippen LogP contribution in [0.15, 0.2) is 45.3 Å². The van der Waals surface area contributed by atoms with E-state index in [1.807, 2.05) is 17.0 Å². The lowest BCUT2D eigenvalue weighted by Gasteiger charge is -2.37. The fraction of sp³-hybridized carbons (Fsp3) is 0.565. The minimum atomic E-state index is 0.288. The van der Waals surface area contributed by atoms with Crippen LogP contribution in [0.5, 0.6) is 0 Å². The maximum Gasteiger partial charge on any atom is 0.236 e. The number of likely N-dealkylation sites (tertiary alicyclic amines) is 1. The molecule has 0 aromatic carbocycles. The summed E-state index contributed by atoms with van der Waals surface area (Å²) in [4.78, 5) is 25.4. The van der Waals surface area contributed by atoms with Crippen LogP contribution in [0.4, 0.5) is 0 Å². The van der Waals surface area contributed by atoms with Crippen molar-refractivity contribution in [2.75, 3.05) is 52.4 Å². The molecule has 0 atom stereocenters. The van der Waals surface area contributed by atoms with Gasteiger partial charge in [-0.3, -0.25) is 9.69 Å². The van der Waals surface area contributed by atoms with Gasteiger partial charge in [0, 0.05) is 57.1 Å². The average molecular weight is 444 g/mol. The lowest BCUT2D eigenvalue weighted by molar-refractivity contribution is -0.133. The quantitative estimate of drug-likeness (QED) is 0.527. The lowest BCUT2D eigenvalue weighted by Crippen LogP contribution is -2.54. The molecule has 31 heavy (non-hydrogen) atoms. The number of guanidine groups is 1. The van der Waals surface area contributed by atoms with Crippen LogP contribution in [-0.4, -0.2) is 78.9 Å². The molecule has 2 aliphatic rings. The topological polar surface area (TPSA) is 64.3 Å². The number of furan rings is 1. The van der Waals surface area contributed by atoms with Crippen molar-refractivity contribution in [1.29, 1.82) is 0 Å². The Kier molecular flexibility index (Phi) is 8.01. The number of carbonyl (C=O) groups is 1. The number of hydrogen-bond donors (Lipinski definition) is 1. The fourth-order valence-corrected chi connectivity index (χ4v) is 4.76. The molecule has 4 rings (SSSR count). The van der Waals surface area contributed by atoms with Crippen molar-refractivity contribution in [1.82, 2.24) is 20.0 Å². The predicted molar refractivity (Wildman–Crippen MR) is 124 cm³/mol. The van der Waals surface area contributed by atoms with Crippen LogP contribution >= 0.6 is 11.3 Å². The summed E-state index contributed by atoms with van der Waals surface area (Å²) in [6.45, 7) is 7.40. The van der Waals surface area contributed by atoms with Gasteiger partial charge in [-0.1, -0.05) is 6.07 Å². The number of hydrogen-bond acceptors (Lipinski definition) is 5. The Bertz CT molecular complexity index is 807. The number of piperazine rings is 1. The fourth-order valence-electron chi connectivity index (χ4n) is 4.13. The van der Waals surface area contributed by atoms with Crippen molar-refractivity contribution in [3.63, 3.8) is 0 Å². The summed E-state index contributed by atoms with van der Waals surface area (Å²) >= 11 is 1.74. The number of amides is 1. The first kappa shape index (κ1) is 21.9. The second-order valence-corrected chi connectivity index (χ2v) is 9.21. The maximum absolute atomic E-state index is 12.6. The third-order valence-corrected chi connectivity index (χ3v) is 6.80. The molecule has 2 aromatic rings. The second-order valence-electron chi connectivity index (χ2n) is 8.18. The van der Waals surface area contributed by atoms with Gasteiger partial charge in [0.25, 0.3) is 0 Å². The van der Waals surface area contributed by atoms with E-state index >= 15 is 0 Å². The van der Waals surface area contributed by atoms with Gasteiger partial charge in [0.05, 0.1) is 19.4 Å². The Morgan fingerprint density at radius 3 is 2.58 bits per heavy atom. The van der Waals surface area contributed by atoms with E-state index in [1.54, 1.807) is 17.6 Å². The van der Waals surface area contributed by atoms with Crippen LogP contribution in [0.1, 0.15) is 29.9 Å². The van der Waals surface area contributed by atoms with Crippen LogP contribution in [0.2, 0.25) is 0 Å². The van der Waals surface area contributed by atoms with Gasteiger partial charge in [-0.15, -0.1) is 11.3 Å². The molecule has 2 aromatic heterocycles. The summed E-state index contributed by atoms with van der Waals surface area (Å²) in [5.41, 5.74) is 0. The summed E-state index contributed by atoms with van der Waals surface area (Å²) in [7, 11) is 0. The zero-order valence-corrected chi connectivity index (χ0v) is 19.0. The smallest absolute Gasteiger partial charge is 0.236 e. The zero-order valence-electron chi connectivity index (χ0n) is 18.2. The molecule has 2 fully saturated rings. The minimum absolute atomic E-state index is 0.288. The first-order chi connectivity index (χ1) is 15.3. The second kappa shape index (κ2) is 11.3. The largest absolute Gasteiger partial charge is 0.469 e. The molecule has 0 spiro atoms. The third kappa shape index (κ3) is 6.58. The van der Waals surface area contributed by atoms with E-state index in [2.05, 4.69) is 32.6 Å². The Labute approximate surface area is 188 Å². The normalized spacial score (nSPS) is 18.4. The van der Waals surface area contributed by atoms with E-state index in [-0.39, 0.29) is 5.91 Å². The van der Waals surface area contributed by atoms with Gasteiger partial charge in [0.2, 0.25) is 5.91 Å². The summed E-state index contributed by atoms with van der Waals surface area (Å²) < 4.78 is 5.45.